The Bertz CT molecular complexity index is 322. The standard InChI is InChI=1S/C12H23N3O2S/c1-8(2)15-10(16)7-18-9-4-5-12(6-9,14-3)11(13)17/h8-9,14H,4-7H2,1-3H3,(H2,13,17)(H,15,16). The molecule has 1 aliphatic rings. The van der Waals surface area contributed by atoms with Crippen LogP contribution in [-0.4, -0.2) is 41.4 Å². The van der Waals surface area contributed by atoms with Gasteiger partial charge in [-0.2, -0.15) is 0 Å². The van der Waals surface area contributed by atoms with Crippen molar-refractivity contribution in [2.45, 2.75) is 49.9 Å². The summed E-state index contributed by atoms with van der Waals surface area (Å²) in [4.78, 5) is 23.0. The summed E-state index contributed by atoms with van der Waals surface area (Å²) in [5, 5.41) is 6.22. The monoisotopic (exact) mass is 273 g/mol. The Morgan fingerprint density at radius 2 is 2.17 bits per heavy atom. The van der Waals surface area contributed by atoms with E-state index in [4.69, 9.17) is 5.73 Å². The molecule has 0 spiro atoms. The first-order valence-electron chi connectivity index (χ1n) is 6.29. The van der Waals surface area contributed by atoms with Gasteiger partial charge in [0, 0.05) is 11.3 Å². The number of hydrogen-bond acceptors (Lipinski definition) is 4. The fourth-order valence-electron chi connectivity index (χ4n) is 2.27. The third-order valence-electron chi connectivity index (χ3n) is 3.32. The zero-order chi connectivity index (χ0) is 13.8. The van der Waals surface area contributed by atoms with Crippen molar-refractivity contribution in [3.8, 4) is 0 Å². The topological polar surface area (TPSA) is 84.2 Å². The fourth-order valence-corrected chi connectivity index (χ4v) is 3.43. The Morgan fingerprint density at radius 3 is 2.61 bits per heavy atom. The van der Waals surface area contributed by atoms with Gasteiger partial charge in [-0.25, -0.2) is 0 Å². The predicted octanol–water partition coefficient (Wildman–Crippen LogP) is 0.240. The Balaban J connectivity index is 2.39. The van der Waals surface area contributed by atoms with E-state index in [1.165, 1.54) is 0 Å². The number of likely N-dealkylation sites (N-methyl/N-ethyl adjacent to an activating group) is 1. The molecule has 0 saturated heterocycles. The molecule has 0 aromatic rings. The zero-order valence-corrected chi connectivity index (χ0v) is 12.1. The van der Waals surface area contributed by atoms with Gasteiger partial charge in [0.2, 0.25) is 11.8 Å². The van der Waals surface area contributed by atoms with Crippen molar-refractivity contribution in [1.82, 2.24) is 10.6 Å². The molecule has 1 fully saturated rings. The smallest absolute Gasteiger partial charge is 0.237 e. The molecular formula is C12H23N3O2S. The van der Waals surface area contributed by atoms with E-state index in [0.29, 0.717) is 17.4 Å². The molecule has 0 aromatic heterocycles. The lowest BCUT2D eigenvalue weighted by molar-refractivity contribution is -0.124. The van der Waals surface area contributed by atoms with Crippen LogP contribution in [-0.2, 0) is 9.59 Å². The molecule has 0 heterocycles. The number of carbonyl (C=O) groups is 2. The van der Waals surface area contributed by atoms with E-state index < -0.39 is 5.54 Å². The van der Waals surface area contributed by atoms with E-state index in [1.807, 2.05) is 13.8 Å². The Kier molecular flexibility index (Phi) is 5.47. The van der Waals surface area contributed by atoms with Crippen molar-refractivity contribution in [3.63, 3.8) is 0 Å². The van der Waals surface area contributed by atoms with E-state index in [-0.39, 0.29) is 17.9 Å². The molecule has 2 unspecified atom stereocenters. The number of carbonyl (C=O) groups excluding carboxylic acids is 2. The lowest BCUT2D eigenvalue weighted by Crippen LogP contribution is -2.52. The highest BCUT2D eigenvalue weighted by atomic mass is 32.2. The molecule has 18 heavy (non-hydrogen) atoms. The van der Waals surface area contributed by atoms with Gasteiger partial charge in [-0.3, -0.25) is 9.59 Å². The molecule has 2 amide bonds. The van der Waals surface area contributed by atoms with Crippen LogP contribution in [0.25, 0.3) is 0 Å². The summed E-state index contributed by atoms with van der Waals surface area (Å²) in [5.41, 5.74) is 4.86. The van der Waals surface area contributed by atoms with Crippen LogP contribution in [0, 0.1) is 0 Å². The summed E-state index contributed by atoms with van der Waals surface area (Å²) >= 11 is 1.61. The summed E-state index contributed by atoms with van der Waals surface area (Å²) in [6.07, 6.45) is 2.38. The lowest BCUT2D eigenvalue weighted by atomic mass is 9.97. The van der Waals surface area contributed by atoms with Crippen molar-refractivity contribution in [2.24, 2.45) is 5.73 Å². The minimum absolute atomic E-state index is 0.0519. The molecule has 4 N–H and O–H groups in total. The molecule has 1 aliphatic carbocycles. The molecule has 6 heteroatoms. The first-order valence-corrected chi connectivity index (χ1v) is 7.34. The van der Waals surface area contributed by atoms with Crippen LogP contribution in [0.2, 0.25) is 0 Å². The average Bonchev–Trinajstić information content (AvgIpc) is 2.70. The van der Waals surface area contributed by atoms with Crippen molar-refractivity contribution in [1.29, 1.82) is 0 Å². The SMILES string of the molecule is CNC1(C(N)=O)CCC(SCC(=O)NC(C)C)C1. The highest BCUT2D eigenvalue weighted by Gasteiger charge is 2.42. The second-order valence-corrected chi connectivity index (χ2v) is 6.38. The van der Waals surface area contributed by atoms with Gasteiger partial charge < -0.3 is 16.4 Å². The zero-order valence-electron chi connectivity index (χ0n) is 11.3. The first-order chi connectivity index (χ1) is 8.39. The van der Waals surface area contributed by atoms with Crippen LogP contribution in [0.1, 0.15) is 33.1 Å². The number of nitrogens with two attached hydrogens (primary N) is 1. The average molecular weight is 273 g/mol. The summed E-state index contributed by atoms with van der Waals surface area (Å²) < 4.78 is 0. The van der Waals surface area contributed by atoms with Crippen molar-refractivity contribution in [2.75, 3.05) is 12.8 Å². The van der Waals surface area contributed by atoms with Gasteiger partial charge in [0.1, 0.15) is 0 Å². The van der Waals surface area contributed by atoms with Crippen molar-refractivity contribution >= 4 is 23.6 Å². The van der Waals surface area contributed by atoms with Gasteiger partial charge in [-0.1, -0.05) is 0 Å². The molecule has 104 valence electrons. The van der Waals surface area contributed by atoms with E-state index in [1.54, 1.807) is 18.8 Å². The molecule has 0 radical (unpaired) electrons. The second-order valence-electron chi connectivity index (χ2n) is 5.09. The molecule has 1 rings (SSSR count). The number of hydrogen-bond donors (Lipinski definition) is 3. The molecule has 0 aromatic carbocycles. The molecule has 5 nitrogen and oxygen atoms in total. The van der Waals surface area contributed by atoms with Crippen LogP contribution in [0.5, 0.6) is 0 Å². The van der Waals surface area contributed by atoms with Crippen LogP contribution in [0.3, 0.4) is 0 Å². The molecule has 0 bridgehead atoms. The summed E-state index contributed by atoms with van der Waals surface area (Å²) in [7, 11) is 1.77. The van der Waals surface area contributed by atoms with Gasteiger partial charge in [-0.05, 0) is 40.2 Å². The van der Waals surface area contributed by atoms with E-state index in [9.17, 15) is 9.59 Å². The largest absolute Gasteiger partial charge is 0.368 e. The van der Waals surface area contributed by atoms with E-state index in [2.05, 4.69) is 10.6 Å². The lowest BCUT2D eigenvalue weighted by Gasteiger charge is -2.24. The maximum Gasteiger partial charge on any atom is 0.237 e. The Hall–Kier alpha value is -0.750. The quantitative estimate of drug-likeness (QED) is 0.647. The third kappa shape index (κ3) is 3.88. The van der Waals surface area contributed by atoms with Crippen molar-refractivity contribution in [3.05, 3.63) is 0 Å². The first kappa shape index (κ1) is 15.3. The minimum Gasteiger partial charge on any atom is -0.368 e. The molecule has 2 atom stereocenters. The van der Waals surface area contributed by atoms with Crippen LogP contribution in [0.15, 0.2) is 0 Å². The summed E-state index contributed by atoms with van der Waals surface area (Å²) in [5.74, 6) is 0.206. The van der Waals surface area contributed by atoms with E-state index in [0.717, 1.165) is 12.8 Å². The number of thioether (sulfide) groups is 1. The molecular weight excluding hydrogens is 250 g/mol. The third-order valence-corrected chi connectivity index (χ3v) is 4.62. The minimum atomic E-state index is -0.577. The molecule has 0 aliphatic heterocycles. The Morgan fingerprint density at radius 1 is 1.50 bits per heavy atom. The second kappa shape index (κ2) is 6.43. The highest BCUT2D eigenvalue weighted by molar-refractivity contribution is 8.00. The highest BCUT2D eigenvalue weighted by Crippen LogP contribution is 2.36. The van der Waals surface area contributed by atoms with Crippen LogP contribution in [0.4, 0.5) is 0 Å². The van der Waals surface area contributed by atoms with Gasteiger partial charge >= 0.3 is 0 Å². The summed E-state index contributed by atoms with van der Waals surface area (Å²) in [6.45, 7) is 3.88. The predicted molar refractivity (Wildman–Crippen MR) is 74.4 cm³/mol. The summed E-state index contributed by atoms with van der Waals surface area (Å²) in [6, 6.07) is 0.170. The van der Waals surface area contributed by atoms with Gasteiger partial charge in [-0.15, -0.1) is 11.8 Å². The maximum atomic E-state index is 11.5. The maximum absolute atomic E-state index is 11.5. The molecule has 1 saturated carbocycles. The normalized spacial score (nSPS) is 27.4. The van der Waals surface area contributed by atoms with Gasteiger partial charge in [0.05, 0.1) is 11.3 Å². The van der Waals surface area contributed by atoms with Gasteiger partial charge in [0.15, 0.2) is 0 Å². The van der Waals surface area contributed by atoms with Crippen molar-refractivity contribution < 1.29 is 9.59 Å². The van der Waals surface area contributed by atoms with E-state index >= 15 is 0 Å². The number of primary amides is 1. The van der Waals surface area contributed by atoms with Gasteiger partial charge in [0.25, 0.3) is 0 Å². The number of rotatable bonds is 6. The number of nitrogens with one attached hydrogen (secondary N) is 2. The van der Waals surface area contributed by atoms with Crippen LogP contribution < -0.4 is 16.4 Å². The van der Waals surface area contributed by atoms with Crippen LogP contribution >= 0.6 is 11.8 Å². The number of amides is 2. The Labute approximate surface area is 113 Å². The fraction of sp³-hybridized carbons (Fsp3) is 0.833.